The molecule has 0 atom stereocenters. The van der Waals surface area contributed by atoms with Crippen LogP contribution >= 0.6 is 15.9 Å². The van der Waals surface area contributed by atoms with Crippen molar-refractivity contribution in [2.24, 2.45) is 0 Å². The molecular weight excluding hydrogens is 522 g/mol. The summed E-state index contributed by atoms with van der Waals surface area (Å²) < 4.78 is 38.9. The lowest BCUT2D eigenvalue weighted by atomic mass is 10.2. The molecule has 1 fully saturated rings. The number of benzene rings is 2. The number of hydrogen-bond donors (Lipinski definition) is 1. The van der Waals surface area contributed by atoms with Crippen molar-refractivity contribution in [2.75, 3.05) is 38.2 Å². The van der Waals surface area contributed by atoms with Crippen LogP contribution in [0.2, 0.25) is 0 Å². The number of hydrogen-bond acceptors (Lipinski definition) is 6. The number of fused-ring (bicyclic) bond motifs is 1. The van der Waals surface area contributed by atoms with Crippen molar-refractivity contribution in [3.05, 3.63) is 47.1 Å². The van der Waals surface area contributed by atoms with Gasteiger partial charge in [-0.3, -0.25) is 0 Å². The van der Waals surface area contributed by atoms with Gasteiger partial charge < -0.3 is 24.3 Å². The van der Waals surface area contributed by atoms with Crippen LogP contribution in [0.25, 0.3) is 10.9 Å². The number of nitrogens with zero attached hydrogens (tertiary/aromatic N) is 2. The monoisotopic (exact) mass is 549 g/mol. The molecule has 2 heterocycles. The molecule has 0 aliphatic carbocycles. The average molecular weight is 550 g/mol. The van der Waals surface area contributed by atoms with Crippen molar-refractivity contribution >= 4 is 48.5 Å². The number of ether oxygens (including phenoxy) is 2. The van der Waals surface area contributed by atoms with Crippen molar-refractivity contribution < 1.29 is 22.7 Å². The highest BCUT2D eigenvalue weighted by molar-refractivity contribution is 9.10. The van der Waals surface area contributed by atoms with Crippen LogP contribution in [0.5, 0.6) is 5.75 Å². The molecule has 8 nitrogen and oxygen atoms in total. The Morgan fingerprint density at radius 1 is 1.06 bits per heavy atom. The van der Waals surface area contributed by atoms with Crippen molar-refractivity contribution in [1.29, 1.82) is 0 Å². The fourth-order valence-electron chi connectivity index (χ4n) is 3.96. The third-order valence-electron chi connectivity index (χ3n) is 5.63. The summed E-state index contributed by atoms with van der Waals surface area (Å²) in [5.74, 6) is 0.576. The van der Waals surface area contributed by atoms with Gasteiger partial charge in [0.1, 0.15) is 11.4 Å². The number of aromatic nitrogens is 1. The molecule has 0 bridgehead atoms. The lowest BCUT2D eigenvalue weighted by Crippen LogP contribution is -2.50. The predicted octanol–water partition coefficient (Wildman–Crippen LogP) is 4.83. The Labute approximate surface area is 207 Å². The van der Waals surface area contributed by atoms with Crippen LogP contribution in [0.1, 0.15) is 20.8 Å². The zero-order valence-corrected chi connectivity index (χ0v) is 22.0. The summed E-state index contributed by atoms with van der Waals surface area (Å²) >= 11 is 3.41. The van der Waals surface area contributed by atoms with Crippen molar-refractivity contribution in [3.8, 4) is 5.75 Å². The number of methoxy groups -OCH3 is 1. The van der Waals surface area contributed by atoms with Gasteiger partial charge in [0, 0.05) is 47.8 Å². The second kappa shape index (κ2) is 9.14. The number of amides is 1. The minimum Gasteiger partial charge on any atom is -0.495 e. The predicted molar refractivity (Wildman–Crippen MR) is 134 cm³/mol. The van der Waals surface area contributed by atoms with Crippen LogP contribution in [0.3, 0.4) is 0 Å². The van der Waals surface area contributed by atoms with Gasteiger partial charge in [-0.25, -0.2) is 13.2 Å². The number of anilines is 1. The maximum absolute atomic E-state index is 13.5. The van der Waals surface area contributed by atoms with Gasteiger partial charge in [-0.15, -0.1) is 0 Å². The number of carbonyl (C=O) groups excluding carboxylic acids is 1. The van der Waals surface area contributed by atoms with E-state index >= 15 is 0 Å². The Morgan fingerprint density at radius 3 is 2.41 bits per heavy atom. The first kappa shape index (κ1) is 24.4. The van der Waals surface area contributed by atoms with Crippen LogP contribution in [0, 0.1) is 0 Å². The molecule has 4 rings (SSSR count). The third kappa shape index (κ3) is 4.88. The number of nitrogens with one attached hydrogen (secondary N) is 1. The van der Waals surface area contributed by atoms with E-state index in [-0.39, 0.29) is 15.9 Å². The minimum atomic E-state index is -3.78. The van der Waals surface area contributed by atoms with Gasteiger partial charge in [-0.05, 0) is 51.1 Å². The standard InChI is InChI=1S/C24H28BrN3O5S/c1-24(2,3)33-23(29)28-11-9-27(10-12-28)20-14-17(6-8-21(20)32-4)34(30,31)22-15-26-19-13-16(25)5-7-18(19)22/h5-8,13-15,26H,9-12H2,1-4H3. The lowest BCUT2D eigenvalue weighted by molar-refractivity contribution is 0.0240. The van der Waals surface area contributed by atoms with Crippen molar-refractivity contribution in [2.45, 2.75) is 36.2 Å². The van der Waals surface area contributed by atoms with Crippen molar-refractivity contribution in [1.82, 2.24) is 9.88 Å². The minimum absolute atomic E-state index is 0.182. The van der Waals surface area contributed by atoms with Gasteiger partial charge in [0.2, 0.25) is 9.84 Å². The molecule has 1 aliphatic rings. The Kier molecular flexibility index (Phi) is 6.56. The van der Waals surface area contributed by atoms with Gasteiger partial charge in [0.25, 0.3) is 0 Å². The first-order valence-electron chi connectivity index (χ1n) is 10.9. The van der Waals surface area contributed by atoms with E-state index in [0.29, 0.717) is 43.0 Å². The van der Waals surface area contributed by atoms with Gasteiger partial charge >= 0.3 is 6.09 Å². The van der Waals surface area contributed by atoms with Crippen LogP contribution in [0.15, 0.2) is 56.9 Å². The maximum Gasteiger partial charge on any atom is 0.410 e. The Hall–Kier alpha value is -2.72. The van der Waals surface area contributed by atoms with Crippen LogP contribution in [0.4, 0.5) is 10.5 Å². The van der Waals surface area contributed by atoms with Gasteiger partial charge in [-0.1, -0.05) is 22.0 Å². The number of halogens is 1. The van der Waals surface area contributed by atoms with E-state index in [4.69, 9.17) is 9.47 Å². The molecule has 1 aliphatic heterocycles. The van der Waals surface area contributed by atoms with E-state index in [1.165, 1.54) is 6.20 Å². The summed E-state index contributed by atoms with van der Waals surface area (Å²) in [7, 11) is -2.22. The van der Waals surface area contributed by atoms with E-state index in [2.05, 4.69) is 20.9 Å². The van der Waals surface area contributed by atoms with E-state index < -0.39 is 15.4 Å². The molecule has 1 saturated heterocycles. The number of carbonyl (C=O) groups is 1. The first-order valence-corrected chi connectivity index (χ1v) is 13.2. The number of rotatable bonds is 4. The SMILES string of the molecule is COc1ccc(S(=O)(=O)c2c[nH]c3cc(Br)ccc23)cc1N1CCN(C(=O)OC(C)(C)C)CC1. The van der Waals surface area contributed by atoms with Gasteiger partial charge in [0.15, 0.2) is 0 Å². The summed E-state index contributed by atoms with van der Waals surface area (Å²) in [6, 6.07) is 10.3. The molecule has 34 heavy (non-hydrogen) atoms. The zero-order valence-electron chi connectivity index (χ0n) is 19.6. The average Bonchev–Trinajstić information content (AvgIpc) is 3.21. The Balaban J connectivity index is 1.61. The highest BCUT2D eigenvalue weighted by Crippen LogP contribution is 2.36. The quantitative estimate of drug-likeness (QED) is 0.501. The number of aromatic amines is 1. The summed E-state index contributed by atoms with van der Waals surface area (Å²) in [6.07, 6.45) is 1.18. The fraction of sp³-hybridized carbons (Fsp3) is 0.375. The topological polar surface area (TPSA) is 91.9 Å². The van der Waals surface area contributed by atoms with E-state index in [9.17, 15) is 13.2 Å². The molecule has 0 spiro atoms. The second-order valence-corrected chi connectivity index (χ2v) is 12.0. The van der Waals surface area contributed by atoms with Crippen LogP contribution < -0.4 is 9.64 Å². The molecule has 10 heteroatoms. The van der Waals surface area contributed by atoms with E-state index in [0.717, 1.165) is 9.99 Å². The molecule has 1 amide bonds. The molecule has 1 aromatic heterocycles. The first-order chi connectivity index (χ1) is 16.0. The number of H-pyrrole nitrogens is 1. The molecule has 0 radical (unpaired) electrons. The Morgan fingerprint density at radius 2 is 1.76 bits per heavy atom. The normalized spacial score (nSPS) is 15.0. The highest BCUT2D eigenvalue weighted by Gasteiger charge is 2.29. The van der Waals surface area contributed by atoms with E-state index in [1.54, 1.807) is 36.3 Å². The number of piperazine rings is 1. The van der Waals surface area contributed by atoms with E-state index in [1.807, 2.05) is 37.8 Å². The smallest absolute Gasteiger partial charge is 0.410 e. The molecule has 0 unspecified atom stereocenters. The van der Waals surface area contributed by atoms with Crippen molar-refractivity contribution in [3.63, 3.8) is 0 Å². The molecular formula is C24H28BrN3O5S. The van der Waals surface area contributed by atoms with Crippen LogP contribution in [-0.2, 0) is 14.6 Å². The third-order valence-corrected chi connectivity index (χ3v) is 7.91. The maximum atomic E-state index is 13.5. The van der Waals surface area contributed by atoms with Gasteiger partial charge in [0.05, 0.1) is 22.6 Å². The number of sulfone groups is 1. The zero-order chi connectivity index (χ0) is 24.7. The molecule has 1 N–H and O–H groups in total. The molecule has 2 aromatic carbocycles. The molecule has 3 aromatic rings. The second-order valence-electron chi connectivity index (χ2n) is 9.13. The fourth-order valence-corrected chi connectivity index (χ4v) is 5.77. The molecule has 0 saturated carbocycles. The summed E-state index contributed by atoms with van der Waals surface area (Å²) in [4.78, 5) is 19.5. The summed E-state index contributed by atoms with van der Waals surface area (Å²) in [6.45, 7) is 7.50. The molecule has 182 valence electrons. The Bertz CT molecular complexity index is 1320. The van der Waals surface area contributed by atoms with Gasteiger partial charge in [-0.2, -0.15) is 0 Å². The summed E-state index contributed by atoms with van der Waals surface area (Å²) in [5, 5.41) is 0.631. The summed E-state index contributed by atoms with van der Waals surface area (Å²) in [5.41, 5.74) is 0.855. The lowest BCUT2D eigenvalue weighted by Gasteiger charge is -2.37. The largest absolute Gasteiger partial charge is 0.495 e. The van der Waals surface area contributed by atoms with Crippen LogP contribution in [-0.4, -0.2) is 63.3 Å². The highest BCUT2D eigenvalue weighted by atomic mass is 79.9.